The Morgan fingerprint density at radius 1 is 1.16 bits per heavy atom. The lowest BCUT2D eigenvalue weighted by molar-refractivity contribution is -0.0515. The third-order valence-electron chi connectivity index (χ3n) is 6.88. The molecule has 4 rings (SSSR count). The van der Waals surface area contributed by atoms with Gasteiger partial charge in [-0.05, 0) is 71.6 Å². The molecule has 14 heteroatoms. The van der Waals surface area contributed by atoms with Gasteiger partial charge in [0, 0.05) is 31.2 Å². The third-order valence-corrected chi connectivity index (χ3v) is 6.88. The van der Waals surface area contributed by atoms with E-state index in [0.717, 1.165) is 12.8 Å². The highest BCUT2D eigenvalue weighted by atomic mass is 19.3. The van der Waals surface area contributed by atoms with Gasteiger partial charge in [0.1, 0.15) is 5.60 Å². The van der Waals surface area contributed by atoms with Gasteiger partial charge in [-0.15, -0.1) is 0 Å². The molecule has 1 unspecified atom stereocenters. The Morgan fingerprint density at radius 2 is 1.88 bits per heavy atom. The average Bonchev–Trinajstić information content (AvgIpc) is 3.65. The molecule has 2 atom stereocenters. The first-order valence-corrected chi connectivity index (χ1v) is 14.1. The molecule has 236 valence electrons. The summed E-state index contributed by atoms with van der Waals surface area (Å²) in [5.74, 6) is -0.0889. The highest BCUT2D eigenvalue weighted by Crippen LogP contribution is 2.37. The number of piperazine rings is 1. The van der Waals surface area contributed by atoms with Crippen LogP contribution in [-0.2, 0) is 9.47 Å². The lowest BCUT2D eigenvalue weighted by Crippen LogP contribution is -2.55. The van der Waals surface area contributed by atoms with Gasteiger partial charge in [-0.25, -0.2) is 14.6 Å². The van der Waals surface area contributed by atoms with E-state index < -0.39 is 36.3 Å². The second kappa shape index (κ2) is 13.0. The van der Waals surface area contributed by atoms with E-state index in [4.69, 9.17) is 18.6 Å². The van der Waals surface area contributed by atoms with Gasteiger partial charge < -0.3 is 38.5 Å². The first-order chi connectivity index (χ1) is 20.3. The minimum Gasteiger partial charge on any atom is -0.489 e. The molecule has 0 bridgehead atoms. The molecule has 12 nitrogen and oxygen atoms in total. The Labute approximate surface area is 248 Å². The van der Waals surface area contributed by atoms with Crippen LogP contribution in [0.5, 0.6) is 11.5 Å². The van der Waals surface area contributed by atoms with Crippen LogP contribution in [0.15, 0.2) is 22.6 Å². The van der Waals surface area contributed by atoms with Crippen molar-refractivity contribution in [2.45, 2.75) is 71.8 Å². The number of nitrogens with zero attached hydrogens (tertiary/aromatic N) is 3. The number of carbonyl (C=O) groups excluding carboxylic acids is 3. The van der Waals surface area contributed by atoms with Crippen LogP contribution in [-0.4, -0.2) is 84.5 Å². The van der Waals surface area contributed by atoms with Gasteiger partial charge in [-0.2, -0.15) is 8.78 Å². The largest absolute Gasteiger partial charge is 0.489 e. The predicted molar refractivity (Wildman–Crippen MR) is 149 cm³/mol. The van der Waals surface area contributed by atoms with Crippen molar-refractivity contribution >= 4 is 18.1 Å². The molecular weight excluding hydrogens is 570 g/mol. The lowest BCUT2D eigenvalue weighted by atomic mass is 10.1. The van der Waals surface area contributed by atoms with E-state index in [1.54, 1.807) is 39.5 Å². The fourth-order valence-corrected chi connectivity index (χ4v) is 4.57. The number of ether oxygens (including phenoxy) is 4. The molecule has 1 saturated heterocycles. The number of oxazole rings is 1. The minimum atomic E-state index is -3.05. The summed E-state index contributed by atoms with van der Waals surface area (Å²) in [6.07, 6.45) is 0.780. The van der Waals surface area contributed by atoms with Crippen molar-refractivity contribution in [2.24, 2.45) is 5.92 Å². The monoisotopic (exact) mass is 608 g/mol. The second-order valence-electron chi connectivity index (χ2n) is 11.7. The Balaban J connectivity index is 1.66. The van der Waals surface area contributed by atoms with Crippen LogP contribution < -0.4 is 14.8 Å². The van der Waals surface area contributed by atoms with Crippen molar-refractivity contribution in [3.8, 4) is 23.0 Å². The number of amides is 3. The predicted octanol–water partition coefficient (Wildman–Crippen LogP) is 5.23. The van der Waals surface area contributed by atoms with Crippen LogP contribution in [0.2, 0.25) is 0 Å². The van der Waals surface area contributed by atoms with Crippen LogP contribution in [0.25, 0.3) is 11.5 Å². The van der Waals surface area contributed by atoms with E-state index in [-0.39, 0.29) is 54.5 Å². The van der Waals surface area contributed by atoms with Gasteiger partial charge in [0.15, 0.2) is 23.0 Å². The molecule has 2 aromatic rings. The number of hydrogen-bond donors (Lipinski definition) is 1. The van der Waals surface area contributed by atoms with Crippen molar-refractivity contribution in [3.63, 3.8) is 0 Å². The number of halogens is 2. The van der Waals surface area contributed by atoms with E-state index in [1.807, 2.05) is 0 Å². The number of alkyl carbamates (subject to hydrolysis) is 1. The van der Waals surface area contributed by atoms with E-state index in [2.05, 4.69) is 15.0 Å². The number of rotatable bonds is 9. The summed E-state index contributed by atoms with van der Waals surface area (Å²) in [5.41, 5.74) is -0.463. The van der Waals surface area contributed by atoms with Gasteiger partial charge in [0.2, 0.25) is 5.89 Å². The van der Waals surface area contributed by atoms with E-state index >= 15 is 0 Å². The summed E-state index contributed by atoms with van der Waals surface area (Å²) in [4.78, 5) is 46.0. The van der Waals surface area contributed by atoms with Gasteiger partial charge in [0.25, 0.3) is 5.91 Å². The number of methoxy groups -OCH3 is 1. The van der Waals surface area contributed by atoms with E-state index in [1.165, 1.54) is 30.2 Å². The fraction of sp³-hybridized carbons (Fsp3) is 0.586. The molecule has 0 radical (unpaired) electrons. The molecule has 1 aliphatic heterocycles. The maximum absolute atomic E-state index is 13.8. The van der Waals surface area contributed by atoms with Crippen molar-refractivity contribution in [2.75, 3.05) is 33.4 Å². The average molecular weight is 609 g/mol. The van der Waals surface area contributed by atoms with Crippen LogP contribution >= 0.6 is 0 Å². The number of aromatic nitrogens is 1. The lowest BCUT2D eigenvalue weighted by Gasteiger charge is -2.38. The second-order valence-corrected chi connectivity index (χ2v) is 11.7. The Hall–Kier alpha value is -4.10. The molecule has 2 heterocycles. The summed E-state index contributed by atoms with van der Waals surface area (Å²) >= 11 is 0. The summed E-state index contributed by atoms with van der Waals surface area (Å²) in [5, 5.41) is 2.67. The summed E-state index contributed by atoms with van der Waals surface area (Å²) < 4.78 is 52.8. The standard InChI is InChI=1S/C29H38F2N4O8/c1-16-14-34(11-12-35(16)28(38)39-6)25(36)22-23(17(2)32-27(37)43-29(3,4)5)42-24(33-22)19-9-10-20(41-26(30)31)21(13-19)40-15-18-7-8-18/h9-10,13,16-18,26H,7-8,11-12,14-15H2,1-6H3,(H,32,37)/t16?,17-/m0/s1. The number of hydrogen-bond acceptors (Lipinski definition) is 9. The minimum absolute atomic E-state index is 0.0114. The molecule has 43 heavy (non-hydrogen) atoms. The highest BCUT2D eigenvalue weighted by Gasteiger charge is 2.35. The van der Waals surface area contributed by atoms with Crippen molar-refractivity contribution in [3.05, 3.63) is 29.7 Å². The first kappa shape index (κ1) is 31.8. The first-order valence-electron chi connectivity index (χ1n) is 14.1. The van der Waals surface area contributed by atoms with Gasteiger partial charge >= 0.3 is 18.8 Å². The number of benzene rings is 1. The van der Waals surface area contributed by atoms with Crippen LogP contribution in [0.3, 0.4) is 0 Å². The molecule has 1 aromatic heterocycles. The van der Waals surface area contributed by atoms with Crippen LogP contribution in [0, 0.1) is 5.92 Å². The zero-order valence-electron chi connectivity index (χ0n) is 25.1. The summed E-state index contributed by atoms with van der Waals surface area (Å²) in [6.45, 7) is 6.54. The zero-order chi connectivity index (χ0) is 31.5. The quantitative estimate of drug-likeness (QED) is 0.406. The van der Waals surface area contributed by atoms with Crippen molar-refractivity contribution in [1.82, 2.24) is 20.1 Å². The number of alkyl halides is 2. The molecule has 0 spiro atoms. The highest BCUT2D eigenvalue weighted by molar-refractivity contribution is 5.94. The summed E-state index contributed by atoms with van der Waals surface area (Å²) in [6, 6.07) is 3.09. The molecular formula is C29H38F2N4O8. The SMILES string of the molecule is COC(=O)N1CCN(C(=O)c2nc(-c3ccc(OC(F)F)c(OCC4CC4)c3)oc2[C@H](C)NC(=O)OC(C)(C)C)CC1C. The van der Waals surface area contributed by atoms with Crippen LogP contribution in [0.1, 0.15) is 69.8 Å². The smallest absolute Gasteiger partial charge is 0.409 e. The third kappa shape index (κ3) is 8.26. The summed E-state index contributed by atoms with van der Waals surface area (Å²) in [7, 11) is 1.30. The molecule has 1 aliphatic carbocycles. The molecule has 1 aromatic carbocycles. The van der Waals surface area contributed by atoms with E-state index in [0.29, 0.717) is 18.1 Å². The normalized spacial score (nSPS) is 17.8. The number of carbonyl (C=O) groups is 3. The maximum Gasteiger partial charge on any atom is 0.409 e. The molecule has 1 saturated carbocycles. The fourth-order valence-electron chi connectivity index (χ4n) is 4.57. The Morgan fingerprint density at radius 3 is 2.49 bits per heavy atom. The van der Waals surface area contributed by atoms with Gasteiger partial charge in [-0.3, -0.25) is 4.79 Å². The van der Waals surface area contributed by atoms with Gasteiger partial charge in [0.05, 0.1) is 19.8 Å². The molecule has 3 amide bonds. The van der Waals surface area contributed by atoms with Crippen LogP contribution in [0.4, 0.5) is 18.4 Å². The Kier molecular flexibility index (Phi) is 9.65. The Bertz CT molecular complexity index is 1320. The van der Waals surface area contributed by atoms with Gasteiger partial charge in [-0.1, -0.05) is 0 Å². The maximum atomic E-state index is 13.8. The molecule has 2 aliphatic rings. The molecule has 2 fully saturated rings. The van der Waals surface area contributed by atoms with E-state index in [9.17, 15) is 23.2 Å². The molecule has 1 N–H and O–H groups in total. The number of nitrogens with one attached hydrogen (secondary N) is 1. The van der Waals surface area contributed by atoms with Crippen molar-refractivity contribution < 1.29 is 46.5 Å². The zero-order valence-corrected chi connectivity index (χ0v) is 25.1. The van der Waals surface area contributed by atoms with Crippen molar-refractivity contribution in [1.29, 1.82) is 0 Å². The topological polar surface area (TPSA) is 133 Å².